The average Bonchev–Trinajstić information content (AvgIpc) is 3.17. The molecule has 2 heterocycles. The smallest absolute Gasteiger partial charge is 0.241 e. The number of rotatable bonds is 5. The summed E-state index contributed by atoms with van der Waals surface area (Å²) in [5, 5.41) is 7.49. The van der Waals surface area contributed by atoms with Gasteiger partial charge >= 0.3 is 0 Å². The molecule has 0 bridgehead atoms. The van der Waals surface area contributed by atoms with Crippen LogP contribution in [0.4, 0.5) is 10.1 Å². The molecule has 0 spiro atoms. The highest BCUT2D eigenvalue weighted by Gasteiger charge is 2.27. The molecule has 1 N–H and O–H groups in total. The van der Waals surface area contributed by atoms with Crippen molar-refractivity contribution >= 4 is 23.2 Å². The lowest BCUT2D eigenvalue weighted by molar-refractivity contribution is -0.121. The third-order valence-electron chi connectivity index (χ3n) is 4.90. The minimum absolute atomic E-state index is 0.0190. The highest BCUT2D eigenvalue weighted by Crippen LogP contribution is 2.22. The fourth-order valence-electron chi connectivity index (χ4n) is 3.45. The first-order valence-electron chi connectivity index (χ1n) is 9.44. The van der Waals surface area contributed by atoms with E-state index in [1.54, 1.807) is 30.3 Å². The van der Waals surface area contributed by atoms with Crippen molar-refractivity contribution in [2.45, 2.75) is 19.4 Å². The number of carbonyl (C=O) groups is 1. The van der Waals surface area contributed by atoms with Crippen molar-refractivity contribution in [1.29, 1.82) is 0 Å². The molecular weight excluding hydrogens is 395 g/mol. The summed E-state index contributed by atoms with van der Waals surface area (Å²) < 4.78 is 18.4. The molecule has 4 rings (SSSR count). The molecule has 1 aliphatic heterocycles. The second kappa shape index (κ2) is 8.71. The number of nitrogens with zero attached hydrogens (tertiary/aromatic N) is 3. The summed E-state index contributed by atoms with van der Waals surface area (Å²) in [5.41, 5.74) is 1.39. The zero-order valence-corrected chi connectivity index (χ0v) is 16.4. The molecule has 1 aliphatic rings. The van der Waals surface area contributed by atoms with E-state index in [0.717, 1.165) is 19.4 Å². The normalized spacial score (nSPS) is 17.2. The number of carbonyl (C=O) groups excluding carboxylic acids is 1. The van der Waals surface area contributed by atoms with E-state index in [9.17, 15) is 9.18 Å². The fraction of sp³-hybridized carbons (Fsp3) is 0.286. The van der Waals surface area contributed by atoms with E-state index in [0.29, 0.717) is 41.1 Å². The molecule has 6 nitrogen and oxygen atoms in total. The molecule has 0 radical (unpaired) electrons. The van der Waals surface area contributed by atoms with Crippen molar-refractivity contribution in [3.8, 4) is 11.4 Å². The Morgan fingerprint density at radius 1 is 1.28 bits per heavy atom. The first-order chi connectivity index (χ1) is 14.1. The zero-order valence-electron chi connectivity index (χ0n) is 15.6. The quantitative estimate of drug-likeness (QED) is 0.670. The summed E-state index contributed by atoms with van der Waals surface area (Å²) in [7, 11) is 0. The first kappa shape index (κ1) is 19.5. The van der Waals surface area contributed by atoms with Gasteiger partial charge in [-0.15, -0.1) is 0 Å². The Kier molecular flexibility index (Phi) is 5.87. The largest absolute Gasteiger partial charge is 0.338 e. The Bertz CT molecular complexity index is 992. The van der Waals surface area contributed by atoms with Crippen molar-refractivity contribution in [3.05, 3.63) is 65.3 Å². The standard InChI is InChI=1S/C21H20ClFN4O2/c22-16-4-1-5-18(11-16)24-21(28)15-3-2-10-27(12-15)13-19-25-20(26-29-19)14-6-8-17(23)9-7-14/h1,4-9,11,15H,2-3,10,12-13H2,(H,24,28). The van der Waals surface area contributed by atoms with Gasteiger partial charge in [0, 0.05) is 22.8 Å². The van der Waals surface area contributed by atoms with Gasteiger partial charge in [0.25, 0.3) is 0 Å². The predicted molar refractivity (Wildman–Crippen MR) is 108 cm³/mol. The van der Waals surface area contributed by atoms with Crippen LogP contribution in [0.5, 0.6) is 0 Å². The van der Waals surface area contributed by atoms with Crippen molar-refractivity contribution < 1.29 is 13.7 Å². The number of aromatic nitrogens is 2. The Morgan fingerprint density at radius 2 is 2.10 bits per heavy atom. The van der Waals surface area contributed by atoms with E-state index in [2.05, 4.69) is 20.4 Å². The van der Waals surface area contributed by atoms with Crippen LogP contribution in [-0.4, -0.2) is 34.0 Å². The maximum Gasteiger partial charge on any atom is 0.241 e. The third-order valence-corrected chi connectivity index (χ3v) is 5.13. The van der Waals surface area contributed by atoms with Crippen LogP contribution in [0.15, 0.2) is 53.1 Å². The summed E-state index contributed by atoms with van der Waals surface area (Å²) in [6.07, 6.45) is 1.74. The van der Waals surface area contributed by atoms with Gasteiger partial charge in [0.05, 0.1) is 12.5 Å². The van der Waals surface area contributed by atoms with E-state index in [1.807, 2.05) is 6.07 Å². The molecule has 3 aromatic rings. The van der Waals surface area contributed by atoms with Crippen LogP contribution in [0.2, 0.25) is 5.02 Å². The molecule has 1 amide bonds. The topological polar surface area (TPSA) is 71.3 Å². The van der Waals surface area contributed by atoms with E-state index in [-0.39, 0.29) is 17.6 Å². The van der Waals surface area contributed by atoms with Crippen LogP contribution < -0.4 is 5.32 Å². The summed E-state index contributed by atoms with van der Waals surface area (Å²) in [4.78, 5) is 19.2. The van der Waals surface area contributed by atoms with Crippen molar-refractivity contribution in [3.63, 3.8) is 0 Å². The lowest BCUT2D eigenvalue weighted by Crippen LogP contribution is -2.40. The van der Waals surface area contributed by atoms with Crippen LogP contribution in [0.1, 0.15) is 18.7 Å². The second-order valence-electron chi connectivity index (χ2n) is 7.09. The molecule has 1 fully saturated rings. The van der Waals surface area contributed by atoms with Gasteiger partial charge in [0.15, 0.2) is 0 Å². The SMILES string of the molecule is O=C(Nc1cccc(Cl)c1)C1CCCN(Cc2nc(-c3ccc(F)cc3)no2)C1. The fourth-order valence-corrected chi connectivity index (χ4v) is 3.64. The van der Waals surface area contributed by atoms with E-state index in [1.165, 1.54) is 12.1 Å². The van der Waals surface area contributed by atoms with Crippen molar-refractivity contribution in [1.82, 2.24) is 15.0 Å². The molecule has 1 aromatic heterocycles. The Morgan fingerprint density at radius 3 is 2.90 bits per heavy atom. The molecule has 2 aromatic carbocycles. The van der Waals surface area contributed by atoms with Crippen LogP contribution in [0.3, 0.4) is 0 Å². The number of anilines is 1. The number of amides is 1. The van der Waals surface area contributed by atoms with Gasteiger partial charge < -0.3 is 9.84 Å². The summed E-state index contributed by atoms with van der Waals surface area (Å²) >= 11 is 5.98. The zero-order chi connectivity index (χ0) is 20.2. The maximum absolute atomic E-state index is 13.1. The first-order valence-corrected chi connectivity index (χ1v) is 9.82. The third kappa shape index (κ3) is 4.99. The van der Waals surface area contributed by atoms with E-state index in [4.69, 9.17) is 16.1 Å². The predicted octanol–water partition coefficient (Wildman–Crippen LogP) is 4.38. The maximum atomic E-state index is 13.1. The molecule has 1 saturated heterocycles. The highest BCUT2D eigenvalue weighted by atomic mass is 35.5. The average molecular weight is 415 g/mol. The number of hydrogen-bond donors (Lipinski definition) is 1. The molecule has 8 heteroatoms. The van der Waals surface area contributed by atoms with Crippen molar-refractivity contribution in [2.24, 2.45) is 5.92 Å². The van der Waals surface area contributed by atoms with Crippen LogP contribution >= 0.6 is 11.6 Å². The monoisotopic (exact) mass is 414 g/mol. The molecule has 0 aliphatic carbocycles. The number of nitrogens with one attached hydrogen (secondary N) is 1. The molecule has 150 valence electrons. The second-order valence-corrected chi connectivity index (χ2v) is 7.53. The van der Waals surface area contributed by atoms with Crippen LogP contribution in [0, 0.1) is 11.7 Å². The number of likely N-dealkylation sites (tertiary alicyclic amines) is 1. The Hall–Kier alpha value is -2.77. The minimum Gasteiger partial charge on any atom is -0.338 e. The molecular formula is C21H20ClFN4O2. The van der Waals surface area contributed by atoms with Crippen LogP contribution in [-0.2, 0) is 11.3 Å². The molecule has 1 atom stereocenters. The number of halogens is 2. The minimum atomic E-state index is -0.312. The van der Waals surface area contributed by atoms with Gasteiger partial charge in [-0.05, 0) is 61.9 Å². The Labute approximate surface area is 172 Å². The van der Waals surface area contributed by atoms with Crippen molar-refractivity contribution in [2.75, 3.05) is 18.4 Å². The highest BCUT2D eigenvalue weighted by molar-refractivity contribution is 6.30. The molecule has 1 unspecified atom stereocenters. The molecule has 29 heavy (non-hydrogen) atoms. The molecule has 0 saturated carbocycles. The van der Waals surface area contributed by atoms with Crippen LogP contribution in [0.25, 0.3) is 11.4 Å². The van der Waals surface area contributed by atoms with E-state index < -0.39 is 0 Å². The van der Waals surface area contributed by atoms with Gasteiger partial charge in [-0.3, -0.25) is 9.69 Å². The van der Waals surface area contributed by atoms with Gasteiger partial charge in [0.1, 0.15) is 5.82 Å². The lowest BCUT2D eigenvalue weighted by Gasteiger charge is -2.30. The number of hydrogen-bond acceptors (Lipinski definition) is 5. The van der Waals surface area contributed by atoms with Gasteiger partial charge in [-0.25, -0.2) is 4.39 Å². The summed E-state index contributed by atoms with van der Waals surface area (Å²) in [6.45, 7) is 1.94. The Balaban J connectivity index is 1.36. The number of benzene rings is 2. The number of piperidine rings is 1. The lowest BCUT2D eigenvalue weighted by atomic mass is 9.97. The van der Waals surface area contributed by atoms with Gasteiger partial charge in [-0.1, -0.05) is 22.8 Å². The van der Waals surface area contributed by atoms with Gasteiger partial charge in [-0.2, -0.15) is 4.98 Å². The van der Waals surface area contributed by atoms with E-state index >= 15 is 0 Å². The van der Waals surface area contributed by atoms with Gasteiger partial charge in [0.2, 0.25) is 17.6 Å². The summed E-state index contributed by atoms with van der Waals surface area (Å²) in [6, 6.07) is 13.1. The summed E-state index contributed by atoms with van der Waals surface area (Å²) in [5.74, 6) is 0.442.